The van der Waals surface area contributed by atoms with E-state index in [1.807, 2.05) is 25.5 Å². The maximum atomic E-state index is 13.2. The van der Waals surface area contributed by atoms with E-state index in [1.54, 1.807) is 19.4 Å². The molecule has 8 heteroatoms. The fraction of sp³-hybridized carbons (Fsp3) is 0.438. The zero-order valence-corrected chi connectivity index (χ0v) is 15.0. The molecule has 6 nitrogen and oxygen atoms in total. The number of aliphatic imine (C=N–C) groups is 1. The SMILES string of the molecule is CN=C(NCc1nncn1C)NCC(C)(C)c1ccc(F)cc1Cl. The molecule has 0 unspecified atom stereocenters. The molecule has 130 valence electrons. The highest BCUT2D eigenvalue weighted by Gasteiger charge is 2.24. The molecule has 0 fully saturated rings. The van der Waals surface area contributed by atoms with Crippen molar-refractivity contribution in [3.63, 3.8) is 0 Å². The largest absolute Gasteiger partial charge is 0.356 e. The maximum absolute atomic E-state index is 13.2. The van der Waals surface area contributed by atoms with E-state index >= 15 is 0 Å². The van der Waals surface area contributed by atoms with Crippen LogP contribution in [0.4, 0.5) is 4.39 Å². The molecule has 2 rings (SSSR count). The molecule has 1 aromatic carbocycles. The molecule has 1 aromatic heterocycles. The van der Waals surface area contributed by atoms with Crippen LogP contribution in [0.5, 0.6) is 0 Å². The third-order valence-corrected chi connectivity index (χ3v) is 4.11. The summed E-state index contributed by atoms with van der Waals surface area (Å²) in [6.45, 7) is 5.16. The van der Waals surface area contributed by atoms with Crippen molar-refractivity contribution >= 4 is 17.6 Å². The molecule has 0 spiro atoms. The highest BCUT2D eigenvalue weighted by molar-refractivity contribution is 6.31. The molecule has 1 heterocycles. The average molecular weight is 353 g/mol. The quantitative estimate of drug-likeness (QED) is 0.640. The Balaban J connectivity index is 1.97. The number of guanidine groups is 1. The summed E-state index contributed by atoms with van der Waals surface area (Å²) in [5.74, 6) is 1.11. The molecule has 24 heavy (non-hydrogen) atoms. The Labute approximate surface area is 146 Å². The fourth-order valence-electron chi connectivity index (χ4n) is 2.29. The van der Waals surface area contributed by atoms with Crippen molar-refractivity contribution in [1.82, 2.24) is 25.4 Å². The third-order valence-electron chi connectivity index (χ3n) is 3.80. The van der Waals surface area contributed by atoms with E-state index in [0.717, 1.165) is 11.4 Å². The van der Waals surface area contributed by atoms with Crippen LogP contribution in [0.2, 0.25) is 5.02 Å². The number of nitrogens with one attached hydrogen (secondary N) is 2. The van der Waals surface area contributed by atoms with E-state index in [4.69, 9.17) is 11.6 Å². The Morgan fingerprint density at radius 1 is 1.38 bits per heavy atom. The van der Waals surface area contributed by atoms with Crippen molar-refractivity contribution in [1.29, 1.82) is 0 Å². The van der Waals surface area contributed by atoms with Crippen LogP contribution in [0.25, 0.3) is 0 Å². The lowest BCUT2D eigenvalue weighted by Gasteiger charge is -2.27. The minimum atomic E-state index is -0.339. The van der Waals surface area contributed by atoms with E-state index in [9.17, 15) is 4.39 Å². The number of aryl methyl sites for hydroxylation is 1. The van der Waals surface area contributed by atoms with Crippen LogP contribution in [0.3, 0.4) is 0 Å². The first-order valence-corrected chi connectivity index (χ1v) is 7.94. The monoisotopic (exact) mass is 352 g/mol. The van der Waals surface area contributed by atoms with Gasteiger partial charge in [-0.2, -0.15) is 0 Å². The summed E-state index contributed by atoms with van der Waals surface area (Å²) in [6, 6.07) is 4.47. The van der Waals surface area contributed by atoms with Crippen LogP contribution in [-0.4, -0.2) is 34.3 Å². The molecule has 2 aromatic rings. The lowest BCUT2D eigenvalue weighted by molar-refractivity contribution is 0.506. The lowest BCUT2D eigenvalue weighted by Crippen LogP contribution is -2.43. The number of hydrogen-bond acceptors (Lipinski definition) is 3. The van der Waals surface area contributed by atoms with Gasteiger partial charge in [0.15, 0.2) is 11.8 Å². The molecule has 0 saturated heterocycles. The summed E-state index contributed by atoms with van der Waals surface area (Å²) in [6.07, 6.45) is 1.65. The molecule has 0 atom stereocenters. The van der Waals surface area contributed by atoms with E-state index in [2.05, 4.69) is 25.8 Å². The Morgan fingerprint density at radius 3 is 2.71 bits per heavy atom. The molecular weight excluding hydrogens is 331 g/mol. The smallest absolute Gasteiger partial charge is 0.191 e. The Morgan fingerprint density at radius 2 is 2.12 bits per heavy atom. The first kappa shape index (κ1) is 18.2. The molecule has 2 N–H and O–H groups in total. The second-order valence-electron chi connectivity index (χ2n) is 6.15. The van der Waals surface area contributed by atoms with Gasteiger partial charge in [0.1, 0.15) is 12.1 Å². The van der Waals surface area contributed by atoms with Crippen LogP contribution < -0.4 is 10.6 Å². The number of rotatable bonds is 5. The number of hydrogen-bond donors (Lipinski definition) is 2. The van der Waals surface area contributed by atoms with E-state index in [-0.39, 0.29) is 11.2 Å². The second kappa shape index (κ2) is 7.61. The second-order valence-corrected chi connectivity index (χ2v) is 6.55. The lowest BCUT2D eigenvalue weighted by atomic mass is 9.84. The molecule has 0 saturated carbocycles. The zero-order valence-electron chi connectivity index (χ0n) is 14.3. The predicted octanol–water partition coefficient (Wildman–Crippen LogP) is 2.25. The average Bonchev–Trinajstić information content (AvgIpc) is 2.92. The highest BCUT2D eigenvalue weighted by atomic mass is 35.5. The molecule has 0 radical (unpaired) electrons. The molecular formula is C16H22ClFN6. The summed E-state index contributed by atoms with van der Waals surface area (Å²) in [7, 11) is 3.58. The molecule has 0 amide bonds. The van der Waals surface area contributed by atoms with Crippen molar-refractivity contribution in [2.75, 3.05) is 13.6 Å². The summed E-state index contributed by atoms with van der Waals surface area (Å²) in [5.41, 5.74) is 0.578. The fourth-order valence-corrected chi connectivity index (χ4v) is 2.71. The summed E-state index contributed by atoms with van der Waals surface area (Å²) in [4.78, 5) is 4.19. The van der Waals surface area contributed by atoms with Gasteiger partial charge in [-0.25, -0.2) is 4.39 Å². The topological polar surface area (TPSA) is 67.1 Å². The molecule has 0 aliphatic carbocycles. The summed E-state index contributed by atoms with van der Waals surface area (Å²) in [5, 5.41) is 14.7. The number of halogens is 2. The van der Waals surface area contributed by atoms with Crippen molar-refractivity contribution in [3.8, 4) is 0 Å². The summed E-state index contributed by atoms with van der Waals surface area (Å²) >= 11 is 6.18. The maximum Gasteiger partial charge on any atom is 0.191 e. The Bertz CT molecular complexity index is 725. The Hall–Kier alpha value is -2.15. The van der Waals surface area contributed by atoms with Crippen molar-refractivity contribution in [2.45, 2.75) is 25.8 Å². The summed E-state index contributed by atoms with van der Waals surface area (Å²) < 4.78 is 15.1. The molecule has 0 aliphatic heterocycles. The standard InChI is InChI=1S/C16H22ClFN6/c1-16(2,12-6-5-11(18)7-13(12)17)9-21-15(19-3)20-8-14-23-22-10-24(14)4/h5-7,10H,8-9H2,1-4H3,(H2,19,20,21). The van der Waals surface area contributed by atoms with Gasteiger partial charge in [0.25, 0.3) is 0 Å². The van der Waals surface area contributed by atoms with Crippen LogP contribution in [0.1, 0.15) is 25.2 Å². The minimum absolute atomic E-state index is 0.298. The van der Waals surface area contributed by atoms with Crippen molar-refractivity contribution in [2.24, 2.45) is 12.0 Å². The highest BCUT2D eigenvalue weighted by Crippen LogP contribution is 2.29. The van der Waals surface area contributed by atoms with Crippen LogP contribution in [0, 0.1) is 5.82 Å². The van der Waals surface area contributed by atoms with Gasteiger partial charge < -0.3 is 15.2 Å². The minimum Gasteiger partial charge on any atom is -0.356 e. The van der Waals surface area contributed by atoms with Crippen LogP contribution >= 0.6 is 11.6 Å². The van der Waals surface area contributed by atoms with Gasteiger partial charge in [-0.05, 0) is 17.7 Å². The predicted molar refractivity (Wildman–Crippen MR) is 93.6 cm³/mol. The van der Waals surface area contributed by atoms with Crippen LogP contribution in [0.15, 0.2) is 29.5 Å². The number of aromatic nitrogens is 3. The third kappa shape index (κ3) is 4.44. The first-order chi connectivity index (χ1) is 11.3. The van der Waals surface area contributed by atoms with E-state index in [1.165, 1.54) is 12.1 Å². The Kier molecular flexibility index (Phi) is 5.77. The van der Waals surface area contributed by atoms with E-state index < -0.39 is 0 Å². The van der Waals surface area contributed by atoms with Gasteiger partial charge in [0.05, 0.1) is 6.54 Å². The normalized spacial score (nSPS) is 12.3. The molecule has 0 aliphatic rings. The first-order valence-electron chi connectivity index (χ1n) is 7.56. The number of nitrogens with zero attached hydrogens (tertiary/aromatic N) is 4. The molecule has 0 bridgehead atoms. The van der Waals surface area contributed by atoms with Gasteiger partial charge in [0.2, 0.25) is 0 Å². The zero-order chi connectivity index (χ0) is 17.7. The van der Waals surface area contributed by atoms with Gasteiger partial charge in [-0.3, -0.25) is 4.99 Å². The van der Waals surface area contributed by atoms with Gasteiger partial charge in [-0.15, -0.1) is 10.2 Å². The van der Waals surface area contributed by atoms with Gasteiger partial charge in [-0.1, -0.05) is 31.5 Å². The van der Waals surface area contributed by atoms with Crippen LogP contribution in [-0.2, 0) is 19.0 Å². The number of benzene rings is 1. The van der Waals surface area contributed by atoms with Gasteiger partial charge >= 0.3 is 0 Å². The van der Waals surface area contributed by atoms with Gasteiger partial charge in [0, 0.05) is 31.1 Å². The van der Waals surface area contributed by atoms with E-state index in [0.29, 0.717) is 24.1 Å². The van der Waals surface area contributed by atoms with Crippen molar-refractivity contribution < 1.29 is 4.39 Å². The van der Waals surface area contributed by atoms with Crippen molar-refractivity contribution in [3.05, 3.63) is 46.8 Å².